The molecule has 1 saturated heterocycles. The molecular formula is C26H31F2N3O3. The lowest BCUT2D eigenvalue weighted by molar-refractivity contribution is -0.139. The van der Waals surface area contributed by atoms with Crippen molar-refractivity contribution in [3.8, 4) is 0 Å². The van der Waals surface area contributed by atoms with Crippen LogP contribution in [-0.4, -0.2) is 35.7 Å². The molecule has 0 spiro atoms. The maximum Gasteiger partial charge on any atom is 0.231 e. The molecule has 1 aliphatic rings. The monoisotopic (exact) mass is 471 g/mol. The summed E-state index contributed by atoms with van der Waals surface area (Å²) in [6.45, 7) is 9.48. The minimum atomic E-state index is -0.585. The third-order valence-electron chi connectivity index (χ3n) is 6.22. The van der Waals surface area contributed by atoms with Gasteiger partial charge in [0.2, 0.25) is 17.7 Å². The molecule has 8 heteroatoms. The van der Waals surface area contributed by atoms with Gasteiger partial charge in [-0.15, -0.1) is 0 Å². The highest BCUT2D eigenvalue weighted by Gasteiger charge is 2.34. The van der Waals surface area contributed by atoms with Gasteiger partial charge in [-0.2, -0.15) is 0 Å². The normalized spacial score (nSPS) is 14.9. The van der Waals surface area contributed by atoms with Crippen molar-refractivity contribution in [3.63, 3.8) is 0 Å². The van der Waals surface area contributed by atoms with Gasteiger partial charge in [0.05, 0.1) is 5.92 Å². The highest BCUT2D eigenvalue weighted by atomic mass is 19.1. The van der Waals surface area contributed by atoms with Crippen molar-refractivity contribution in [1.29, 1.82) is 0 Å². The van der Waals surface area contributed by atoms with Crippen molar-refractivity contribution in [1.82, 2.24) is 4.90 Å². The Morgan fingerprint density at radius 1 is 1.00 bits per heavy atom. The quantitative estimate of drug-likeness (QED) is 0.618. The minimum absolute atomic E-state index is 0.0791. The van der Waals surface area contributed by atoms with E-state index < -0.39 is 23.0 Å². The molecular weight excluding hydrogens is 440 g/mol. The van der Waals surface area contributed by atoms with Gasteiger partial charge >= 0.3 is 0 Å². The molecule has 34 heavy (non-hydrogen) atoms. The Morgan fingerprint density at radius 2 is 1.59 bits per heavy atom. The summed E-state index contributed by atoms with van der Waals surface area (Å²) in [6.07, 6.45) is 0.403. The molecule has 1 atom stereocenters. The van der Waals surface area contributed by atoms with E-state index in [1.165, 1.54) is 31.2 Å². The average molecular weight is 472 g/mol. The van der Waals surface area contributed by atoms with Crippen LogP contribution in [0.15, 0.2) is 36.4 Å². The molecule has 0 aromatic heterocycles. The van der Waals surface area contributed by atoms with Crippen molar-refractivity contribution in [3.05, 3.63) is 59.2 Å². The Hall–Kier alpha value is -3.29. The summed E-state index contributed by atoms with van der Waals surface area (Å²) in [5.41, 5.74) is 1.48. The molecule has 0 radical (unpaired) electrons. The van der Waals surface area contributed by atoms with Crippen LogP contribution in [0.5, 0.6) is 0 Å². The summed E-state index contributed by atoms with van der Waals surface area (Å²) in [4.78, 5) is 38.1. The number of nitrogens with zero attached hydrogens (tertiary/aromatic N) is 1. The molecule has 6 nitrogen and oxygen atoms in total. The standard InChI is InChI=1S/C26H31F2N3O3/c1-15-6-20(27)10-22(7-15)29-24(33)16(2)12-26(4,5)19-8-21(28)11-23(9-19)30-25(34)18-13-31(14-18)17(3)32/h6-11,16,18H,12-14H2,1-5H3,(H,29,33)(H,30,34). The van der Waals surface area contributed by atoms with Crippen LogP contribution in [0.4, 0.5) is 20.2 Å². The molecule has 0 saturated carbocycles. The number of likely N-dealkylation sites (tertiary alicyclic amines) is 1. The van der Waals surface area contributed by atoms with Crippen LogP contribution in [0, 0.1) is 30.4 Å². The van der Waals surface area contributed by atoms with E-state index in [1.54, 1.807) is 30.9 Å². The smallest absolute Gasteiger partial charge is 0.231 e. The van der Waals surface area contributed by atoms with Crippen molar-refractivity contribution in [2.24, 2.45) is 11.8 Å². The van der Waals surface area contributed by atoms with E-state index in [-0.39, 0.29) is 23.6 Å². The van der Waals surface area contributed by atoms with Gasteiger partial charge in [0.15, 0.2) is 0 Å². The van der Waals surface area contributed by atoms with Crippen LogP contribution in [0.1, 0.15) is 45.2 Å². The molecule has 1 aliphatic heterocycles. The maximum absolute atomic E-state index is 14.4. The second-order valence-electron chi connectivity index (χ2n) is 9.83. The van der Waals surface area contributed by atoms with E-state index >= 15 is 0 Å². The van der Waals surface area contributed by atoms with Gasteiger partial charge < -0.3 is 15.5 Å². The van der Waals surface area contributed by atoms with Crippen molar-refractivity contribution in [2.75, 3.05) is 23.7 Å². The van der Waals surface area contributed by atoms with E-state index in [9.17, 15) is 23.2 Å². The van der Waals surface area contributed by atoms with Crippen LogP contribution in [0.25, 0.3) is 0 Å². The molecule has 1 unspecified atom stereocenters. The third-order valence-corrected chi connectivity index (χ3v) is 6.22. The molecule has 3 amide bonds. The molecule has 182 valence electrons. The van der Waals surface area contributed by atoms with Gasteiger partial charge in [0, 0.05) is 37.3 Å². The largest absolute Gasteiger partial charge is 0.341 e. The fourth-order valence-corrected chi connectivity index (χ4v) is 4.25. The third kappa shape index (κ3) is 6.18. The fraction of sp³-hybridized carbons (Fsp3) is 0.423. The number of hydrogen-bond donors (Lipinski definition) is 2. The first-order chi connectivity index (χ1) is 15.8. The topological polar surface area (TPSA) is 78.5 Å². The summed E-state index contributed by atoms with van der Waals surface area (Å²) in [6, 6.07) is 8.70. The SMILES string of the molecule is CC(=O)N1CC(C(=O)Nc2cc(F)cc(C(C)(C)CC(C)C(=O)Nc3cc(C)cc(F)c3)c2)C1. The van der Waals surface area contributed by atoms with Crippen LogP contribution in [0.2, 0.25) is 0 Å². The molecule has 3 rings (SSSR count). The zero-order valence-corrected chi connectivity index (χ0v) is 20.2. The van der Waals surface area contributed by atoms with Crippen molar-refractivity contribution >= 4 is 29.1 Å². The molecule has 2 aromatic rings. The van der Waals surface area contributed by atoms with Crippen LogP contribution in [-0.2, 0) is 19.8 Å². The first-order valence-electron chi connectivity index (χ1n) is 11.3. The van der Waals surface area contributed by atoms with E-state index in [4.69, 9.17) is 0 Å². The Morgan fingerprint density at radius 3 is 2.18 bits per heavy atom. The molecule has 2 N–H and O–H groups in total. The number of rotatable bonds is 7. The summed E-state index contributed by atoms with van der Waals surface area (Å²) >= 11 is 0. The Bertz CT molecular complexity index is 1090. The number of amides is 3. The predicted octanol–water partition coefficient (Wildman–Crippen LogP) is 4.63. The summed E-state index contributed by atoms with van der Waals surface area (Å²) < 4.78 is 28.0. The number of aryl methyl sites for hydroxylation is 1. The summed E-state index contributed by atoms with van der Waals surface area (Å²) in [5, 5.41) is 5.49. The van der Waals surface area contributed by atoms with Gasteiger partial charge in [-0.3, -0.25) is 14.4 Å². The zero-order valence-electron chi connectivity index (χ0n) is 20.2. The van der Waals surface area contributed by atoms with E-state index in [2.05, 4.69) is 10.6 Å². The summed E-state index contributed by atoms with van der Waals surface area (Å²) in [5.74, 6) is -2.27. The molecule has 1 heterocycles. The van der Waals surface area contributed by atoms with E-state index in [0.29, 0.717) is 42.0 Å². The fourth-order valence-electron chi connectivity index (χ4n) is 4.25. The molecule has 1 fully saturated rings. The van der Waals surface area contributed by atoms with E-state index in [1.807, 2.05) is 13.8 Å². The van der Waals surface area contributed by atoms with Crippen molar-refractivity contribution < 1.29 is 23.2 Å². The number of hydrogen-bond acceptors (Lipinski definition) is 3. The minimum Gasteiger partial charge on any atom is -0.341 e. The number of carbonyl (C=O) groups excluding carboxylic acids is 3. The Balaban J connectivity index is 1.66. The van der Waals surface area contributed by atoms with Gasteiger partial charge in [-0.05, 0) is 66.3 Å². The van der Waals surface area contributed by atoms with Crippen LogP contribution in [0.3, 0.4) is 0 Å². The highest BCUT2D eigenvalue weighted by Crippen LogP contribution is 2.33. The highest BCUT2D eigenvalue weighted by molar-refractivity contribution is 5.95. The first kappa shape index (κ1) is 25.3. The average Bonchev–Trinajstić information content (AvgIpc) is 2.64. The summed E-state index contributed by atoms with van der Waals surface area (Å²) in [7, 11) is 0. The first-order valence-corrected chi connectivity index (χ1v) is 11.3. The second kappa shape index (κ2) is 9.91. The predicted molar refractivity (Wildman–Crippen MR) is 127 cm³/mol. The number of halogens is 2. The lowest BCUT2D eigenvalue weighted by Gasteiger charge is -2.37. The van der Waals surface area contributed by atoms with Gasteiger partial charge in [-0.25, -0.2) is 8.78 Å². The zero-order chi connectivity index (χ0) is 25.2. The van der Waals surface area contributed by atoms with Gasteiger partial charge in [0.1, 0.15) is 11.6 Å². The Kier molecular flexibility index (Phi) is 7.38. The molecule has 0 bridgehead atoms. The number of anilines is 2. The second-order valence-corrected chi connectivity index (χ2v) is 9.83. The van der Waals surface area contributed by atoms with Crippen LogP contribution >= 0.6 is 0 Å². The van der Waals surface area contributed by atoms with E-state index in [0.717, 1.165) is 0 Å². The number of nitrogens with one attached hydrogen (secondary N) is 2. The molecule has 2 aromatic carbocycles. The van der Waals surface area contributed by atoms with Gasteiger partial charge in [0.25, 0.3) is 0 Å². The number of carbonyl (C=O) groups is 3. The van der Waals surface area contributed by atoms with Crippen molar-refractivity contribution in [2.45, 2.75) is 46.5 Å². The van der Waals surface area contributed by atoms with Crippen LogP contribution < -0.4 is 10.6 Å². The molecule has 0 aliphatic carbocycles. The maximum atomic E-state index is 14.4. The van der Waals surface area contributed by atoms with Gasteiger partial charge in [-0.1, -0.05) is 20.8 Å². The lowest BCUT2D eigenvalue weighted by atomic mass is 9.77. The lowest BCUT2D eigenvalue weighted by Crippen LogP contribution is -2.53. The number of benzene rings is 2. The Labute approximate surface area is 198 Å².